The maximum atomic E-state index is 12.7. The van der Waals surface area contributed by atoms with Crippen molar-refractivity contribution in [2.24, 2.45) is 5.84 Å². The normalized spacial score (nSPS) is 14.6. The summed E-state index contributed by atoms with van der Waals surface area (Å²) >= 11 is 0. The molecule has 1 aromatic carbocycles. The first kappa shape index (κ1) is 22.4. The third kappa shape index (κ3) is 5.33. The molecule has 0 radical (unpaired) electrons. The number of hydrogen-bond donors (Lipinski definition) is 2. The first-order valence-corrected chi connectivity index (χ1v) is 10.4. The summed E-state index contributed by atoms with van der Waals surface area (Å²) in [6.45, 7) is 6.89. The van der Waals surface area contributed by atoms with Crippen LogP contribution in [0.1, 0.15) is 35.7 Å². The summed E-state index contributed by atoms with van der Waals surface area (Å²) in [4.78, 5) is 24.3. The molecule has 156 valence electrons. The number of carbonyl (C=O) groups is 2. The third-order valence-corrected chi connectivity index (χ3v) is 5.79. The molecule has 0 unspecified atom stereocenters. The van der Waals surface area contributed by atoms with Gasteiger partial charge < -0.3 is 10.1 Å². The molecule has 2 amide bonds. The lowest BCUT2D eigenvalue weighted by Crippen LogP contribution is -2.42. The monoisotopic (exact) mass is 419 g/mol. The molecule has 1 saturated carbocycles. The standard InChI is InChI=1S/C20H25N3O5S/c1-5-15(19(24)22-16-9-10-16)8-7-14(3)29(26,27)23(21)20(25)17-12-13(2)6-11-18(17)28-4/h5-8,11-12,16H,3,9-10,21H2,1-2,4H3,(H,22,24)/b8-7-,15-5+. The molecule has 3 N–H and O–H groups in total. The largest absolute Gasteiger partial charge is 0.496 e. The highest BCUT2D eigenvalue weighted by atomic mass is 32.2. The molecule has 0 bridgehead atoms. The van der Waals surface area contributed by atoms with Crippen LogP contribution in [-0.2, 0) is 14.8 Å². The van der Waals surface area contributed by atoms with Gasteiger partial charge >= 0.3 is 0 Å². The highest BCUT2D eigenvalue weighted by molar-refractivity contribution is 7.93. The molecule has 0 saturated heterocycles. The van der Waals surface area contributed by atoms with E-state index in [9.17, 15) is 18.0 Å². The maximum absolute atomic E-state index is 12.7. The molecule has 0 aliphatic heterocycles. The summed E-state index contributed by atoms with van der Waals surface area (Å²) in [5, 5.41) is 2.81. The fraction of sp³-hybridized carbons (Fsp3) is 0.300. The molecular weight excluding hydrogens is 394 g/mol. The van der Waals surface area contributed by atoms with E-state index in [2.05, 4.69) is 11.9 Å². The average Bonchev–Trinajstić information content (AvgIpc) is 3.50. The van der Waals surface area contributed by atoms with Gasteiger partial charge in [-0.1, -0.05) is 24.3 Å². The first-order valence-electron chi connectivity index (χ1n) is 8.95. The lowest BCUT2D eigenvalue weighted by molar-refractivity contribution is -0.117. The minimum absolute atomic E-state index is 0.00769. The van der Waals surface area contributed by atoms with E-state index in [1.165, 1.54) is 19.3 Å². The molecule has 9 heteroatoms. The van der Waals surface area contributed by atoms with Gasteiger partial charge in [0.25, 0.3) is 21.8 Å². The number of hydrogen-bond acceptors (Lipinski definition) is 6. The van der Waals surface area contributed by atoms with E-state index in [0.717, 1.165) is 24.5 Å². The van der Waals surface area contributed by atoms with Gasteiger partial charge in [0.05, 0.1) is 17.6 Å². The van der Waals surface area contributed by atoms with E-state index in [0.29, 0.717) is 0 Å². The highest BCUT2D eigenvalue weighted by Crippen LogP contribution is 2.23. The van der Waals surface area contributed by atoms with Crippen molar-refractivity contribution in [3.05, 3.63) is 64.6 Å². The van der Waals surface area contributed by atoms with Crippen molar-refractivity contribution in [1.82, 2.24) is 9.73 Å². The van der Waals surface area contributed by atoms with Gasteiger partial charge in [-0.3, -0.25) is 9.59 Å². The number of nitrogens with two attached hydrogens (primary N) is 1. The predicted molar refractivity (Wildman–Crippen MR) is 110 cm³/mol. The van der Waals surface area contributed by atoms with Crippen LogP contribution in [0.15, 0.2) is 53.5 Å². The van der Waals surface area contributed by atoms with E-state index < -0.39 is 20.8 Å². The Balaban J connectivity index is 2.19. The molecule has 2 rings (SSSR count). The van der Waals surface area contributed by atoms with Crippen molar-refractivity contribution in [3.63, 3.8) is 0 Å². The number of nitrogens with zero attached hydrogens (tertiary/aromatic N) is 1. The quantitative estimate of drug-likeness (QED) is 0.219. The number of methoxy groups -OCH3 is 1. The molecule has 1 aromatic rings. The van der Waals surface area contributed by atoms with Crippen LogP contribution in [0, 0.1) is 6.92 Å². The number of hydrazine groups is 1. The van der Waals surface area contributed by atoms with E-state index in [1.807, 2.05) is 0 Å². The number of allylic oxidation sites excluding steroid dienone is 2. The van der Waals surface area contributed by atoms with Crippen molar-refractivity contribution in [2.45, 2.75) is 32.7 Å². The molecule has 29 heavy (non-hydrogen) atoms. The molecule has 0 heterocycles. The van der Waals surface area contributed by atoms with Gasteiger partial charge in [0, 0.05) is 11.6 Å². The number of aryl methyl sites for hydroxylation is 1. The lowest BCUT2D eigenvalue weighted by atomic mass is 10.1. The Morgan fingerprint density at radius 1 is 1.31 bits per heavy atom. The van der Waals surface area contributed by atoms with Crippen LogP contribution in [0.4, 0.5) is 0 Å². The zero-order valence-electron chi connectivity index (χ0n) is 16.6. The molecule has 1 aliphatic rings. The minimum Gasteiger partial charge on any atom is -0.496 e. The Morgan fingerprint density at radius 3 is 2.52 bits per heavy atom. The van der Waals surface area contributed by atoms with Crippen LogP contribution in [0.3, 0.4) is 0 Å². The lowest BCUT2D eigenvalue weighted by Gasteiger charge is -2.18. The minimum atomic E-state index is -4.40. The van der Waals surface area contributed by atoms with Crippen LogP contribution >= 0.6 is 0 Å². The predicted octanol–water partition coefficient (Wildman–Crippen LogP) is 1.94. The summed E-state index contributed by atoms with van der Waals surface area (Å²) in [7, 11) is -3.03. The van der Waals surface area contributed by atoms with Gasteiger partial charge in [-0.05, 0) is 51.0 Å². The number of sulfonamides is 1. The van der Waals surface area contributed by atoms with Crippen molar-refractivity contribution in [1.29, 1.82) is 0 Å². The number of rotatable bonds is 8. The highest BCUT2D eigenvalue weighted by Gasteiger charge is 2.29. The Bertz CT molecular complexity index is 991. The second kappa shape index (κ2) is 9.06. The number of carbonyl (C=O) groups excluding carboxylic acids is 2. The SMILES string of the molecule is C=C(/C=C\C(=C/C)C(=O)NC1CC1)S(=O)(=O)N(N)C(=O)c1cc(C)ccc1OC. The average molecular weight is 420 g/mol. The fourth-order valence-electron chi connectivity index (χ4n) is 2.41. The van der Waals surface area contributed by atoms with Gasteiger partial charge in [-0.2, -0.15) is 12.8 Å². The van der Waals surface area contributed by atoms with Crippen LogP contribution < -0.4 is 15.9 Å². The van der Waals surface area contributed by atoms with Gasteiger partial charge in [-0.25, -0.2) is 5.84 Å². The number of benzene rings is 1. The second-order valence-electron chi connectivity index (χ2n) is 6.60. The second-order valence-corrected chi connectivity index (χ2v) is 8.47. The molecule has 0 atom stereocenters. The molecule has 0 aromatic heterocycles. The summed E-state index contributed by atoms with van der Waals surface area (Å²) < 4.78 is 30.6. The molecule has 0 spiro atoms. The van der Waals surface area contributed by atoms with Crippen LogP contribution in [0.5, 0.6) is 5.75 Å². The van der Waals surface area contributed by atoms with Crippen molar-refractivity contribution < 1.29 is 22.7 Å². The maximum Gasteiger partial charge on any atom is 0.285 e. The van der Waals surface area contributed by atoms with E-state index in [1.54, 1.807) is 32.1 Å². The van der Waals surface area contributed by atoms with Gasteiger partial charge in [-0.15, -0.1) is 0 Å². The number of ether oxygens (including phenoxy) is 1. The fourth-order valence-corrected chi connectivity index (χ4v) is 3.22. The van der Waals surface area contributed by atoms with Crippen LogP contribution in [-0.4, -0.2) is 37.8 Å². The Hall–Kier alpha value is -2.91. The van der Waals surface area contributed by atoms with Gasteiger partial charge in [0.2, 0.25) is 0 Å². The first-order chi connectivity index (χ1) is 13.6. The van der Waals surface area contributed by atoms with Crippen molar-refractivity contribution in [2.75, 3.05) is 7.11 Å². The summed E-state index contributed by atoms with van der Waals surface area (Å²) in [6.07, 6.45) is 5.87. The van der Waals surface area contributed by atoms with E-state index >= 15 is 0 Å². The van der Waals surface area contributed by atoms with Gasteiger partial charge in [0.1, 0.15) is 5.75 Å². The smallest absolute Gasteiger partial charge is 0.285 e. The zero-order chi connectivity index (χ0) is 21.8. The summed E-state index contributed by atoms with van der Waals surface area (Å²) in [6, 6.07) is 4.92. The number of amides is 2. The Kier molecular flexibility index (Phi) is 6.99. The van der Waals surface area contributed by atoms with Crippen LogP contribution in [0.2, 0.25) is 0 Å². The molecule has 1 fully saturated rings. The Labute approximate surface area is 170 Å². The molecule has 8 nitrogen and oxygen atoms in total. The van der Waals surface area contributed by atoms with Crippen molar-refractivity contribution in [3.8, 4) is 5.75 Å². The van der Waals surface area contributed by atoms with E-state index in [4.69, 9.17) is 10.6 Å². The summed E-state index contributed by atoms with van der Waals surface area (Å²) in [5.74, 6) is 4.56. The zero-order valence-corrected chi connectivity index (χ0v) is 17.5. The topological polar surface area (TPSA) is 119 Å². The van der Waals surface area contributed by atoms with Crippen LogP contribution in [0.25, 0.3) is 0 Å². The van der Waals surface area contributed by atoms with Gasteiger partial charge in [0.15, 0.2) is 0 Å². The third-order valence-electron chi connectivity index (χ3n) is 4.31. The van der Waals surface area contributed by atoms with E-state index in [-0.39, 0.29) is 33.2 Å². The van der Waals surface area contributed by atoms with Crippen molar-refractivity contribution >= 4 is 21.8 Å². The summed E-state index contributed by atoms with van der Waals surface area (Å²) in [5.41, 5.74) is 1.02. The molecule has 1 aliphatic carbocycles. The Morgan fingerprint density at radius 2 is 1.97 bits per heavy atom. The number of nitrogens with one attached hydrogen (secondary N) is 1. The molecular formula is C20H25N3O5S.